The van der Waals surface area contributed by atoms with Crippen molar-refractivity contribution in [1.29, 1.82) is 0 Å². The number of hydrogen-bond donors (Lipinski definition) is 0. The van der Waals surface area contributed by atoms with Crippen molar-refractivity contribution in [3.8, 4) is 11.5 Å². The SMILES string of the molecule is COc1cc(C=O)cc(C=O)c1OC(C)=O. The Morgan fingerprint density at radius 3 is 2.38 bits per heavy atom. The Labute approximate surface area is 92.0 Å². The summed E-state index contributed by atoms with van der Waals surface area (Å²) in [5, 5.41) is 0. The first-order valence-corrected chi connectivity index (χ1v) is 4.43. The molecule has 0 spiro atoms. The van der Waals surface area contributed by atoms with E-state index in [0.29, 0.717) is 12.6 Å². The molecule has 5 nitrogen and oxygen atoms in total. The third-order valence-electron chi connectivity index (χ3n) is 1.83. The second-order valence-electron chi connectivity index (χ2n) is 2.97. The largest absolute Gasteiger partial charge is 0.493 e. The summed E-state index contributed by atoms with van der Waals surface area (Å²) in [6, 6.07) is 2.71. The summed E-state index contributed by atoms with van der Waals surface area (Å²) in [5.41, 5.74) is 0.367. The zero-order valence-electron chi connectivity index (χ0n) is 8.85. The van der Waals surface area contributed by atoms with E-state index in [9.17, 15) is 14.4 Å². The van der Waals surface area contributed by atoms with Gasteiger partial charge in [0.05, 0.1) is 12.7 Å². The number of carbonyl (C=O) groups is 3. The third kappa shape index (κ3) is 2.44. The topological polar surface area (TPSA) is 69.7 Å². The van der Waals surface area contributed by atoms with Crippen LogP contribution >= 0.6 is 0 Å². The van der Waals surface area contributed by atoms with Crippen LogP contribution in [0.2, 0.25) is 0 Å². The molecule has 0 unspecified atom stereocenters. The van der Waals surface area contributed by atoms with Crippen LogP contribution in [-0.2, 0) is 4.79 Å². The van der Waals surface area contributed by atoms with E-state index in [1.165, 1.54) is 26.2 Å². The first-order chi connectivity index (χ1) is 7.62. The van der Waals surface area contributed by atoms with Crippen molar-refractivity contribution in [3.05, 3.63) is 23.3 Å². The second-order valence-corrected chi connectivity index (χ2v) is 2.97. The average Bonchev–Trinajstić information content (AvgIpc) is 2.28. The molecule has 0 saturated heterocycles. The number of carbonyl (C=O) groups excluding carboxylic acids is 3. The van der Waals surface area contributed by atoms with Crippen LogP contribution in [0.1, 0.15) is 27.6 Å². The van der Waals surface area contributed by atoms with Crippen LogP contribution in [0, 0.1) is 0 Å². The van der Waals surface area contributed by atoms with E-state index in [-0.39, 0.29) is 22.6 Å². The lowest BCUT2D eigenvalue weighted by molar-refractivity contribution is -0.132. The monoisotopic (exact) mass is 222 g/mol. The molecule has 0 bridgehead atoms. The van der Waals surface area contributed by atoms with Gasteiger partial charge in [-0.1, -0.05) is 0 Å². The minimum atomic E-state index is -0.569. The van der Waals surface area contributed by atoms with E-state index in [1.807, 2.05) is 0 Å². The summed E-state index contributed by atoms with van der Waals surface area (Å²) in [4.78, 5) is 32.2. The lowest BCUT2D eigenvalue weighted by Crippen LogP contribution is -2.06. The van der Waals surface area contributed by atoms with Gasteiger partial charge in [0.1, 0.15) is 6.29 Å². The van der Waals surface area contributed by atoms with Gasteiger partial charge in [-0.3, -0.25) is 14.4 Å². The van der Waals surface area contributed by atoms with Gasteiger partial charge in [-0.05, 0) is 12.1 Å². The molecule has 0 heterocycles. The minimum Gasteiger partial charge on any atom is -0.493 e. The quantitative estimate of drug-likeness (QED) is 0.435. The smallest absolute Gasteiger partial charge is 0.308 e. The molecule has 1 rings (SSSR count). The molecular weight excluding hydrogens is 212 g/mol. The lowest BCUT2D eigenvalue weighted by Gasteiger charge is -2.10. The Balaban J connectivity index is 3.36. The Morgan fingerprint density at radius 2 is 1.94 bits per heavy atom. The van der Waals surface area contributed by atoms with Crippen molar-refractivity contribution < 1.29 is 23.9 Å². The van der Waals surface area contributed by atoms with Crippen LogP contribution < -0.4 is 9.47 Å². The summed E-state index contributed by atoms with van der Waals surface area (Å²) in [5.74, 6) is -0.377. The molecular formula is C11H10O5. The summed E-state index contributed by atoms with van der Waals surface area (Å²) in [6.45, 7) is 1.21. The van der Waals surface area contributed by atoms with Gasteiger partial charge >= 0.3 is 5.97 Å². The molecule has 5 heteroatoms. The number of aldehydes is 2. The van der Waals surface area contributed by atoms with Crippen LogP contribution in [0.25, 0.3) is 0 Å². The Morgan fingerprint density at radius 1 is 1.25 bits per heavy atom. The standard InChI is InChI=1S/C11H10O5/c1-7(14)16-11-9(6-13)3-8(5-12)4-10(11)15-2/h3-6H,1-2H3. The van der Waals surface area contributed by atoms with Crippen LogP contribution in [0.4, 0.5) is 0 Å². The van der Waals surface area contributed by atoms with E-state index >= 15 is 0 Å². The second kappa shape index (κ2) is 5.06. The molecule has 0 aromatic heterocycles. The molecule has 0 aliphatic rings. The van der Waals surface area contributed by atoms with E-state index in [2.05, 4.69) is 0 Å². The highest BCUT2D eigenvalue weighted by molar-refractivity contribution is 5.88. The van der Waals surface area contributed by atoms with Gasteiger partial charge in [0, 0.05) is 12.5 Å². The zero-order valence-corrected chi connectivity index (χ0v) is 8.85. The highest BCUT2D eigenvalue weighted by Crippen LogP contribution is 2.31. The molecule has 0 radical (unpaired) electrons. The summed E-state index contributed by atoms with van der Waals surface area (Å²) in [6.07, 6.45) is 1.07. The lowest BCUT2D eigenvalue weighted by atomic mass is 10.1. The van der Waals surface area contributed by atoms with Crippen molar-refractivity contribution in [1.82, 2.24) is 0 Å². The average molecular weight is 222 g/mol. The van der Waals surface area contributed by atoms with E-state index in [1.54, 1.807) is 0 Å². The Hall–Kier alpha value is -2.17. The van der Waals surface area contributed by atoms with E-state index < -0.39 is 5.97 Å². The fourth-order valence-corrected chi connectivity index (χ4v) is 1.21. The van der Waals surface area contributed by atoms with Gasteiger partial charge in [0.15, 0.2) is 17.8 Å². The van der Waals surface area contributed by atoms with Gasteiger partial charge in [-0.25, -0.2) is 0 Å². The van der Waals surface area contributed by atoms with Gasteiger partial charge < -0.3 is 9.47 Å². The molecule has 16 heavy (non-hydrogen) atoms. The normalized spacial score (nSPS) is 9.38. The van der Waals surface area contributed by atoms with Crippen molar-refractivity contribution >= 4 is 18.5 Å². The predicted molar refractivity (Wildman–Crippen MR) is 55.1 cm³/mol. The highest BCUT2D eigenvalue weighted by atomic mass is 16.6. The zero-order chi connectivity index (χ0) is 12.1. The fraction of sp³-hybridized carbons (Fsp3) is 0.182. The van der Waals surface area contributed by atoms with Crippen molar-refractivity contribution in [2.24, 2.45) is 0 Å². The summed E-state index contributed by atoms with van der Waals surface area (Å²) < 4.78 is 9.78. The summed E-state index contributed by atoms with van der Waals surface area (Å²) in [7, 11) is 1.35. The Kier molecular flexibility index (Phi) is 3.77. The number of rotatable bonds is 4. The number of benzene rings is 1. The number of esters is 1. The van der Waals surface area contributed by atoms with E-state index in [4.69, 9.17) is 9.47 Å². The number of methoxy groups -OCH3 is 1. The molecule has 0 N–H and O–H groups in total. The van der Waals surface area contributed by atoms with Crippen LogP contribution in [0.5, 0.6) is 11.5 Å². The maximum atomic E-state index is 10.8. The van der Waals surface area contributed by atoms with Gasteiger partial charge in [-0.15, -0.1) is 0 Å². The molecule has 1 aromatic rings. The van der Waals surface area contributed by atoms with Crippen molar-refractivity contribution in [2.45, 2.75) is 6.92 Å². The van der Waals surface area contributed by atoms with Gasteiger partial charge in [0.2, 0.25) is 0 Å². The Bertz CT molecular complexity index is 436. The van der Waals surface area contributed by atoms with Crippen LogP contribution in [0.3, 0.4) is 0 Å². The van der Waals surface area contributed by atoms with Crippen LogP contribution in [-0.4, -0.2) is 25.7 Å². The fourth-order valence-electron chi connectivity index (χ4n) is 1.21. The molecule has 84 valence electrons. The first kappa shape index (κ1) is 11.9. The highest BCUT2D eigenvalue weighted by Gasteiger charge is 2.14. The summed E-state index contributed by atoms with van der Waals surface area (Å²) >= 11 is 0. The van der Waals surface area contributed by atoms with Crippen LogP contribution in [0.15, 0.2) is 12.1 Å². The molecule has 0 fully saturated rings. The third-order valence-corrected chi connectivity index (χ3v) is 1.83. The first-order valence-electron chi connectivity index (χ1n) is 4.43. The predicted octanol–water partition coefficient (Wildman–Crippen LogP) is 1.25. The minimum absolute atomic E-state index is 0.0237. The van der Waals surface area contributed by atoms with Crippen molar-refractivity contribution in [3.63, 3.8) is 0 Å². The van der Waals surface area contributed by atoms with Gasteiger partial charge in [0.25, 0.3) is 0 Å². The molecule has 0 aliphatic heterocycles. The van der Waals surface area contributed by atoms with Gasteiger partial charge in [-0.2, -0.15) is 0 Å². The molecule has 0 atom stereocenters. The van der Waals surface area contributed by atoms with E-state index in [0.717, 1.165) is 0 Å². The molecule has 0 saturated carbocycles. The number of hydrogen-bond acceptors (Lipinski definition) is 5. The molecule has 0 amide bonds. The van der Waals surface area contributed by atoms with Crippen molar-refractivity contribution in [2.75, 3.05) is 7.11 Å². The number of ether oxygens (including phenoxy) is 2. The maximum Gasteiger partial charge on any atom is 0.308 e. The molecule has 0 aliphatic carbocycles. The molecule has 1 aromatic carbocycles. The maximum absolute atomic E-state index is 10.8.